The lowest BCUT2D eigenvalue weighted by atomic mass is 9.88. The number of carboxylic acid groups (broad SMARTS) is 1. The summed E-state index contributed by atoms with van der Waals surface area (Å²) in [4.78, 5) is 14.9. The highest BCUT2D eigenvalue weighted by atomic mass is 16.5. The van der Waals surface area contributed by atoms with E-state index in [9.17, 15) is 4.79 Å². The summed E-state index contributed by atoms with van der Waals surface area (Å²) in [7, 11) is 1.62. The van der Waals surface area contributed by atoms with Crippen LogP contribution in [0.15, 0.2) is 48.2 Å². The van der Waals surface area contributed by atoms with Crippen LogP contribution in [-0.4, -0.2) is 29.8 Å². The van der Waals surface area contributed by atoms with Gasteiger partial charge in [0.05, 0.1) is 7.11 Å². The molecule has 0 saturated carbocycles. The number of pyridine rings is 1. The van der Waals surface area contributed by atoms with E-state index in [2.05, 4.69) is 11.1 Å². The second-order valence-corrected chi connectivity index (χ2v) is 7.06. The monoisotopic (exact) mass is 381 g/mol. The summed E-state index contributed by atoms with van der Waals surface area (Å²) in [6.07, 6.45) is 7.99. The number of ether oxygens (including phenoxy) is 2. The smallest absolute Gasteiger partial charge is 0.303 e. The van der Waals surface area contributed by atoms with E-state index in [-0.39, 0.29) is 6.42 Å². The molecule has 0 fully saturated rings. The average molecular weight is 381 g/mol. The number of carbonyl (C=O) groups is 1. The van der Waals surface area contributed by atoms with E-state index < -0.39 is 5.97 Å². The number of allylic oxidation sites excluding steroid dienone is 1. The highest BCUT2D eigenvalue weighted by molar-refractivity contribution is 5.69. The van der Waals surface area contributed by atoms with E-state index in [1.807, 2.05) is 36.5 Å². The topological polar surface area (TPSA) is 68.7 Å². The number of hydrogen-bond acceptors (Lipinski definition) is 4. The van der Waals surface area contributed by atoms with E-state index in [1.165, 1.54) is 24.0 Å². The lowest BCUT2D eigenvalue weighted by Gasteiger charge is -2.21. The molecule has 0 spiro atoms. The zero-order valence-corrected chi connectivity index (χ0v) is 16.3. The van der Waals surface area contributed by atoms with Crippen molar-refractivity contribution in [2.45, 2.75) is 44.9 Å². The summed E-state index contributed by atoms with van der Waals surface area (Å²) in [5, 5.41) is 8.72. The molecule has 5 nitrogen and oxygen atoms in total. The van der Waals surface area contributed by atoms with Crippen LogP contribution in [0.3, 0.4) is 0 Å². The van der Waals surface area contributed by atoms with Gasteiger partial charge < -0.3 is 14.6 Å². The summed E-state index contributed by atoms with van der Waals surface area (Å²) in [5.74, 6) is 0.720. The van der Waals surface area contributed by atoms with Crippen molar-refractivity contribution in [1.29, 1.82) is 0 Å². The first-order valence-electron chi connectivity index (χ1n) is 9.80. The third-order valence-electron chi connectivity index (χ3n) is 5.07. The minimum atomic E-state index is -0.747. The first kappa shape index (κ1) is 19.9. The molecule has 1 aromatic heterocycles. The maximum atomic E-state index is 10.6. The van der Waals surface area contributed by atoms with Crippen LogP contribution in [0, 0.1) is 0 Å². The fourth-order valence-corrected chi connectivity index (χ4v) is 3.52. The molecule has 1 aliphatic rings. The fraction of sp³-hybridized carbons (Fsp3) is 0.391. The van der Waals surface area contributed by atoms with Gasteiger partial charge in [-0.1, -0.05) is 12.1 Å². The predicted molar refractivity (Wildman–Crippen MR) is 109 cm³/mol. The summed E-state index contributed by atoms with van der Waals surface area (Å²) in [5.41, 5.74) is 4.96. The SMILES string of the molecule is COc1ccc(C2=C(COc3ccc(CCCC(=O)O)cc3)CCCC2)cn1. The minimum absolute atomic E-state index is 0.204. The molecule has 2 aromatic rings. The number of benzene rings is 1. The Hall–Kier alpha value is -2.82. The van der Waals surface area contributed by atoms with Gasteiger partial charge in [-0.25, -0.2) is 4.98 Å². The maximum absolute atomic E-state index is 10.6. The molecule has 5 heteroatoms. The maximum Gasteiger partial charge on any atom is 0.303 e. The Morgan fingerprint density at radius 2 is 1.89 bits per heavy atom. The van der Waals surface area contributed by atoms with E-state index in [4.69, 9.17) is 14.6 Å². The average Bonchev–Trinajstić information content (AvgIpc) is 2.73. The van der Waals surface area contributed by atoms with Crippen LogP contribution in [0.4, 0.5) is 0 Å². The van der Waals surface area contributed by atoms with Crippen molar-refractivity contribution in [2.75, 3.05) is 13.7 Å². The third kappa shape index (κ3) is 5.59. The van der Waals surface area contributed by atoms with Crippen molar-refractivity contribution in [1.82, 2.24) is 4.98 Å². The van der Waals surface area contributed by atoms with Gasteiger partial charge in [0.15, 0.2) is 0 Å². The van der Waals surface area contributed by atoms with Gasteiger partial charge in [0.2, 0.25) is 5.88 Å². The van der Waals surface area contributed by atoms with Gasteiger partial charge in [0, 0.05) is 18.7 Å². The standard InChI is InChI=1S/C23H27NO4/c1-27-22-14-11-18(15-24-22)21-7-3-2-6-19(21)16-28-20-12-9-17(10-13-20)5-4-8-23(25)26/h9-15H,2-8,16H2,1H3,(H,25,26). The molecule has 1 heterocycles. The van der Waals surface area contributed by atoms with Crippen molar-refractivity contribution in [3.63, 3.8) is 0 Å². The fourth-order valence-electron chi connectivity index (χ4n) is 3.52. The molecule has 0 atom stereocenters. The molecule has 0 unspecified atom stereocenters. The third-order valence-corrected chi connectivity index (χ3v) is 5.07. The van der Waals surface area contributed by atoms with E-state index in [0.717, 1.165) is 36.1 Å². The van der Waals surface area contributed by atoms with Crippen LogP contribution in [0.25, 0.3) is 5.57 Å². The summed E-state index contributed by atoms with van der Waals surface area (Å²) in [6.45, 7) is 0.583. The summed E-state index contributed by atoms with van der Waals surface area (Å²) in [6, 6.07) is 11.9. The Morgan fingerprint density at radius 1 is 1.11 bits per heavy atom. The Bertz CT molecular complexity index is 810. The molecular weight excluding hydrogens is 354 g/mol. The van der Waals surface area contributed by atoms with Gasteiger partial charge in [-0.3, -0.25) is 4.79 Å². The van der Waals surface area contributed by atoms with Crippen molar-refractivity contribution in [3.8, 4) is 11.6 Å². The number of carboxylic acids is 1. The van der Waals surface area contributed by atoms with Crippen molar-refractivity contribution in [3.05, 3.63) is 59.3 Å². The highest BCUT2D eigenvalue weighted by Gasteiger charge is 2.15. The number of methoxy groups -OCH3 is 1. The van der Waals surface area contributed by atoms with Crippen LogP contribution in [-0.2, 0) is 11.2 Å². The predicted octanol–water partition coefficient (Wildman–Crippen LogP) is 4.90. The molecule has 0 aliphatic heterocycles. The molecule has 0 radical (unpaired) electrons. The largest absolute Gasteiger partial charge is 0.489 e. The Morgan fingerprint density at radius 3 is 2.57 bits per heavy atom. The number of hydrogen-bond donors (Lipinski definition) is 1. The summed E-state index contributed by atoms with van der Waals surface area (Å²) < 4.78 is 11.2. The summed E-state index contributed by atoms with van der Waals surface area (Å²) >= 11 is 0. The molecule has 3 rings (SSSR count). The number of nitrogens with zero attached hydrogens (tertiary/aromatic N) is 1. The normalized spacial score (nSPS) is 14.0. The van der Waals surface area contributed by atoms with Crippen molar-refractivity contribution >= 4 is 11.5 Å². The molecule has 28 heavy (non-hydrogen) atoms. The van der Waals surface area contributed by atoms with Gasteiger partial charge in [-0.2, -0.15) is 0 Å². The van der Waals surface area contributed by atoms with Crippen LogP contribution in [0.5, 0.6) is 11.6 Å². The van der Waals surface area contributed by atoms with Gasteiger partial charge in [0.1, 0.15) is 12.4 Å². The zero-order chi connectivity index (χ0) is 19.8. The highest BCUT2D eigenvalue weighted by Crippen LogP contribution is 2.33. The van der Waals surface area contributed by atoms with Crippen LogP contribution >= 0.6 is 0 Å². The quantitative estimate of drug-likeness (QED) is 0.669. The van der Waals surface area contributed by atoms with Gasteiger partial charge in [-0.05, 0) is 79.0 Å². The first-order chi connectivity index (χ1) is 13.7. The molecule has 0 bridgehead atoms. The molecule has 1 aliphatic carbocycles. The van der Waals surface area contributed by atoms with Gasteiger partial charge in [-0.15, -0.1) is 0 Å². The molecule has 1 N–H and O–H groups in total. The molecule has 1 aromatic carbocycles. The minimum Gasteiger partial charge on any atom is -0.489 e. The lowest BCUT2D eigenvalue weighted by Crippen LogP contribution is -2.08. The number of rotatable bonds is 9. The van der Waals surface area contributed by atoms with E-state index in [0.29, 0.717) is 18.9 Å². The van der Waals surface area contributed by atoms with Crippen molar-refractivity contribution < 1.29 is 19.4 Å². The Balaban J connectivity index is 1.62. The number of aromatic nitrogens is 1. The Labute approximate surface area is 166 Å². The molecular formula is C23H27NO4. The zero-order valence-electron chi connectivity index (χ0n) is 16.3. The Kier molecular flexibility index (Phi) is 7.06. The molecule has 148 valence electrons. The lowest BCUT2D eigenvalue weighted by molar-refractivity contribution is -0.137. The van der Waals surface area contributed by atoms with Crippen molar-refractivity contribution in [2.24, 2.45) is 0 Å². The molecule has 0 saturated heterocycles. The van der Waals surface area contributed by atoms with Gasteiger partial charge >= 0.3 is 5.97 Å². The van der Waals surface area contributed by atoms with Crippen LogP contribution in [0.1, 0.15) is 49.7 Å². The van der Waals surface area contributed by atoms with E-state index >= 15 is 0 Å². The first-order valence-corrected chi connectivity index (χ1v) is 9.80. The number of aryl methyl sites for hydroxylation is 1. The second-order valence-electron chi connectivity index (χ2n) is 7.06. The second kappa shape index (κ2) is 9.93. The van der Waals surface area contributed by atoms with E-state index in [1.54, 1.807) is 7.11 Å². The number of aliphatic carboxylic acids is 1. The molecule has 0 amide bonds. The van der Waals surface area contributed by atoms with Gasteiger partial charge in [0.25, 0.3) is 0 Å². The van der Waals surface area contributed by atoms with Crippen LogP contribution in [0.2, 0.25) is 0 Å². The van der Waals surface area contributed by atoms with Crippen LogP contribution < -0.4 is 9.47 Å².